The van der Waals surface area contributed by atoms with Crippen LogP contribution in [-0.4, -0.2) is 22.2 Å². The number of benzene rings is 2. The summed E-state index contributed by atoms with van der Waals surface area (Å²) in [4.78, 5) is 16.2. The predicted molar refractivity (Wildman–Crippen MR) is 109 cm³/mol. The fourth-order valence-corrected chi connectivity index (χ4v) is 5.38. The molecule has 7 heteroatoms. The molecule has 0 bridgehead atoms. The van der Waals surface area contributed by atoms with E-state index in [4.69, 9.17) is 11.3 Å². The van der Waals surface area contributed by atoms with Crippen molar-refractivity contribution in [3.8, 4) is 11.4 Å². The van der Waals surface area contributed by atoms with Crippen LogP contribution in [0.1, 0.15) is 31.2 Å². The summed E-state index contributed by atoms with van der Waals surface area (Å²) >= 11 is 3.70. The van der Waals surface area contributed by atoms with Gasteiger partial charge >= 0.3 is 0 Å². The lowest BCUT2D eigenvalue weighted by Crippen LogP contribution is -2.37. The Bertz CT molecular complexity index is 1180. The van der Waals surface area contributed by atoms with Gasteiger partial charge in [-0.3, -0.25) is 4.79 Å². The minimum Gasteiger partial charge on any atom is -0.492 e. The van der Waals surface area contributed by atoms with Crippen LogP contribution in [0, 0.1) is 18.3 Å². The summed E-state index contributed by atoms with van der Waals surface area (Å²) in [5, 5.41) is 5.36. The molecule has 2 heterocycles. The van der Waals surface area contributed by atoms with Crippen LogP contribution < -0.4 is 4.74 Å². The lowest BCUT2D eigenvalue weighted by atomic mass is 9.68. The number of nitrogens with zero attached hydrogens (tertiary/aromatic N) is 3. The zero-order valence-corrected chi connectivity index (χ0v) is 17.1. The first-order chi connectivity index (χ1) is 14.0. The maximum atomic E-state index is 13.3. The maximum Gasteiger partial charge on any atom is 0.264 e. The molecule has 0 amide bonds. The molecule has 146 valence electrons. The van der Waals surface area contributed by atoms with E-state index in [2.05, 4.69) is 25.9 Å². The average molecular weight is 454 g/mol. The van der Waals surface area contributed by atoms with Crippen LogP contribution in [0.5, 0.6) is 5.75 Å². The minimum absolute atomic E-state index is 0.0426. The first-order valence-corrected chi connectivity index (χ1v) is 10.3. The van der Waals surface area contributed by atoms with Crippen LogP contribution in [0.4, 0.5) is 4.39 Å². The van der Waals surface area contributed by atoms with Gasteiger partial charge in [0.15, 0.2) is 0 Å². The molecule has 2 aromatic carbocycles. The first-order valence-electron chi connectivity index (χ1n) is 9.53. The number of ether oxygens (including phenoxy) is 1. The topological polar surface area (TPSA) is 48.5 Å². The molecular formula is C22H17BrFN3O2. The molecule has 1 aliphatic carbocycles. The molecule has 0 radical (unpaired) electrons. The number of aromatic nitrogens is 2. The van der Waals surface area contributed by atoms with Crippen LogP contribution >= 0.6 is 15.9 Å². The third-order valence-corrected chi connectivity index (χ3v) is 6.87. The zero-order valence-electron chi connectivity index (χ0n) is 15.5. The van der Waals surface area contributed by atoms with Crippen molar-refractivity contribution in [2.75, 3.05) is 6.61 Å². The van der Waals surface area contributed by atoms with Crippen molar-refractivity contribution in [3.63, 3.8) is 0 Å². The second-order valence-corrected chi connectivity index (χ2v) is 8.44. The molecule has 1 fully saturated rings. The quantitative estimate of drug-likeness (QED) is 0.476. The SMILES string of the molecule is [C-]#[N+][C@@]12CCC(=O)C[C@H]1CCOc1c2cc2cnn(-c3ccc(F)cc3)c2c1Br. The van der Waals surface area contributed by atoms with Crippen LogP contribution in [0.25, 0.3) is 21.4 Å². The number of halogens is 2. The van der Waals surface area contributed by atoms with Gasteiger partial charge in [0, 0.05) is 24.6 Å². The maximum absolute atomic E-state index is 13.3. The molecular weight excluding hydrogens is 437 g/mol. The van der Waals surface area contributed by atoms with E-state index < -0.39 is 5.54 Å². The van der Waals surface area contributed by atoms with Crippen LogP contribution in [0.15, 0.2) is 41.0 Å². The highest BCUT2D eigenvalue weighted by atomic mass is 79.9. The molecule has 2 aliphatic rings. The molecule has 0 N–H and O–H groups in total. The van der Waals surface area contributed by atoms with Crippen molar-refractivity contribution in [1.82, 2.24) is 9.78 Å². The van der Waals surface area contributed by atoms with Gasteiger partial charge in [0.05, 0.1) is 40.0 Å². The second-order valence-electron chi connectivity index (χ2n) is 7.65. The van der Waals surface area contributed by atoms with Crippen molar-refractivity contribution in [3.05, 3.63) is 63.8 Å². The molecule has 5 rings (SSSR count). The van der Waals surface area contributed by atoms with E-state index in [1.54, 1.807) is 23.0 Å². The summed E-state index contributed by atoms with van der Waals surface area (Å²) in [7, 11) is 0. The zero-order chi connectivity index (χ0) is 20.2. The third kappa shape index (κ3) is 2.70. The summed E-state index contributed by atoms with van der Waals surface area (Å²) < 4.78 is 21.9. The van der Waals surface area contributed by atoms with Crippen LogP contribution in [0.3, 0.4) is 0 Å². The lowest BCUT2D eigenvalue weighted by molar-refractivity contribution is -0.122. The molecule has 0 unspecified atom stereocenters. The highest BCUT2D eigenvalue weighted by molar-refractivity contribution is 9.10. The van der Waals surface area contributed by atoms with Crippen molar-refractivity contribution >= 4 is 32.6 Å². The van der Waals surface area contributed by atoms with Crippen molar-refractivity contribution in [2.24, 2.45) is 5.92 Å². The molecule has 1 saturated carbocycles. The largest absolute Gasteiger partial charge is 0.492 e. The normalized spacial score (nSPS) is 23.6. The number of carbonyl (C=O) groups excluding carboxylic acids is 1. The fraction of sp³-hybridized carbons (Fsp3) is 0.318. The fourth-order valence-electron chi connectivity index (χ4n) is 4.66. The molecule has 1 aliphatic heterocycles. The molecule has 1 aromatic heterocycles. The Balaban J connectivity index is 1.74. The molecule has 0 spiro atoms. The number of hydrogen-bond acceptors (Lipinski definition) is 3. The number of fused-ring (bicyclic) bond motifs is 4. The van der Waals surface area contributed by atoms with Gasteiger partial charge in [0.2, 0.25) is 0 Å². The van der Waals surface area contributed by atoms with Gasteiger partial charge in [-0.1, -0.05) is 0 Å². The Morgan fingerprint density at radius 3 is 2.90 bits per heavy atom. The Kier molecular flexibility index (Phi) is 4.21. The van der Waals surface area contributed by atoms with Crippen molar-refractivity contribution in [1.29, 1.82) is 0 Å². The van der Waals surface area contributed by atoms with Gasteiger partial charge < -0.3 is 9.58 Å². The van der Waals surface area contributed by atoms with Crippen LogP contribution in [0.2, 0.25) is 0 Å². The average Bonchev–Trinajstić information content (AvgIpc) is 3.08. The Morgan fingerprint density at radius 1 is 1.34 bits per heavy atom. The van der Waals surface area contributed by atoms with E-state index in [-0.39, 0.29) is 17.5 Å². The van der Waals surface area contributed by atoms with Gasteiger partial charge in [-0.05, 0) is 52.7 Å². The Hall–Kier alpha value is -2.72. The number of carbonyl (C=O) groups is 1. The molecule has 5 nitrogen and oxygen atoms in total. The third-order valence-electron chi connectivity index (χ3n) is 6.13. The smallest absolute Gasteiger partial charge is 0.264 e. The lowest BCUT2D eigenvalue weighted by Gasteiger charge is -2.32. The van der Waals surface area contributed by atoms with Gasteiger partial charge in [0.25, 0.3) is 5.54 Å². The monoisotopic (exact) mass is 453 g/mol. The summed E-state index contributed by atoms with van der Waals surface area (Å²) in [5.41, 5.74) is 1.62. The number of Topliss-reactive ketones (excluding diaryl/α,β-unsaturated/α-hetero) is 1. The van der Waals surface area contributed by atoms with Crippen LogP contribution in [-0.2, 0) is 10.3 Å². The first kappa shape index (κ1) is 18.3. The molecule has 29 heavy (non-hydrogen) atoms. The Labute approximate surface area is 175 Å². The summed E-state index contributed by atoms with van der Waals surface area (Å²) in [5.74, 6) is 0.522. The Morgan fingerprint density at radius 2 is 2.14 bits per heavy atom. The number of ketones is 1. The van der Waals surface area contributed by atoms with Crippen molar-refractivity contribution in [2.45, 2.75) is 31.2 Å². The van der Waals surface area contributed by atoms with E-state index in [0.29, 0.717) is 38.0 Å². The molecule has 0 saturated heterocycles. The van der Waals surface area contributed by atoms with E-state index in [0.717, 1.165) is 26.6 Å². The number of rotatable bonds is 1. The van der Waals surface area contributed by atoms with E-state index in [1.807, 2.05) is 6.07 Å². The second kappa shape index (κ2) is 6.67. The van der Waals surface area contributed by atoms with Gasteiger partial charge in [-0.2, -0.15) is 5.10 Å². The summed E-state index contributed by atoms with van der Waals surface area (Å²) in [6.45, 7) is 8.49. The standard InChI is InChI=1S/C22H17BrFN3O2/c1-25-22-8-6-17(28)11-14(22)7-9-29-21-18(22)10-13-12-26-27(20(13)19(21)23)16-4-2-15(24)3-5-16/h2-5,10,12,14H,6-9,11H2/t14-,22+/m1/s1. The summed E-state index contributed by atoms with van der Waals surface area (Å²) in [6, 6.07) is 8.12. The van der Waals surface area contributed by atoms with Gasteiger partial charge in [-0.25, -0.2) is 15.6 Å². The van der Waals surface area contributed by atoms with E-state index in [9.17, 15) is 9.18 Å². The van der Waals surface area contributed by atoms with Crippen molar-refractivity contribution < 1.29 is 13.9 Å². The molecule has 3 aromatic rings. The highest BCUT2D eigenvalue weighted by Crippen LogP contribution is 2.53. The van der Waals surface area contributed by atoms with Gasteiger partial charge in [-0.15, -0.1) is 0 Å². The summed E-state index contributed by atoms with van der Waals surface area (Å²) in [6.07, 6.45) is 3.78. The highest BCUT2D eigenvalue weighted by Gasteiger charge is 2.54. The van der Waals surface area contributed by atoms with E-state index in [1.165, 1.54) is 12.1 Å². The number of hydrogen-bond donors (Lipinski definition) is 0. The van der Waals surface area contributed by atoms with E-state index >= 15 is 0 Å². The predicted octanol–water partition coefficient (Wildman–Crippen LogP) is 5.19. The molecule has 2 atom stereocenters. The minimum atomic E-state index is -0.756. The van der Waals surface area contributed by atoms with Gasteiger partial charge in [0.1, 0.15) is 17.3 Å².